The molecule has 7 nitrogen and oxygen atoms in total. The van der Waals surface area contributed by atoms with Crippen LogP contribution in [0.15, 0.2) is 35.3 Å². The largest absolute Gasteiger partial charge is 0.385 e. The summed E-state index contributed by atoms with van der Waals surface area (Å²) >= 11 is 0. The number of nitrogens with zero attached hydrogens (tertiary/aromatic N) is 4. The summed E-state index contributed by atoms with van der Waals surface area (Å²) in [6.45, 7) is 12.2. The summed E-state index contributed by atoms with van der Waals surface area (Å²) in [5.41, 5.74) is 4.66. The molecule has 2 aromatic rings. The molecule has 2 N–H and O–H groups in total. The monoisotopic (exact) mass is 414 g/mol. The van der Waals surface area contributed by atoms with E-state index >= 15 is 0 Å². The SMILES string of the molecule is CCNC(=NCc1c(C)nn(Cc2ccccc2)c1C)NCCN(C)CCCOC. The summed E-state index contributed by atoms with van der Waals surface area (Å²) in [7, 11) is 3.88. The van der Waals surface area contributed by atoms with Gasteiger partial charge in [-0.05, 0) is 39.8 Å². The lowest BCUT2D eigenvalue weighted by Crippen LogP contribution is -2.41. The maximum Gasteiger partial charge on any atom is 0.191 e. The van der Waals surface area contributed by atoms with Crippen LogP contribution in [0.25, 0.3) is 0 Å². The summed E-state index contributed by atoms with van der Waals surface area (Å²) in [4.78, 5) is 7.10. The minimum absolute atomic E-state index is 0.617. The van der Waals surface area contributed by atoms with E-state index in [2.05, 4.69) is 72.3 Å². The predicted molar refractivity (Wildman–Crippen MR) is 124 cm³/mol. The lowest BCUT2D eigenvalue weighted by molar-refractivity contribution is 0.180. The van der Waals surface area contributed by atoms with E-state index in [9.17, 15) is 0 Å². The molecule has 1 heterocycles. The minimum atomic E-state index is 0.617. The molecule has 1 aromatic heterocycles. The zero-order chi connectivity index (χ0) is 21.8. The molecule has 0 unspecified atom stereocenters. The normalized spacial score (nSPS) is 11.9. The number of rotatable bonds is 12. The number of likely N-dealkylation sites (N-methyl/N-ethyl adjacent to an activating group) is 1. The van der Waals surface area contributed by atoms with E-state index in [0.29, 0.717) is 6.54 Å². The van der Waals surface area contributed by atoms with Crippen molar-refractivity contribution in [2.24, 2.45) is 4.99 Å². The van der Waals surface area contributed by atoms with E-state index in [1.807, 2.05) is 6.07 Å². The van der Waals surface area contributed by atoms with Crippen LogP contribution in [0.1, 0.15) is 35.9 Å². The van der Waals surface area contributed by atoms with Gasteiger partial charge in [0.2, 0.25) is 0 Å². The molecule has 166 valence electrons. The number of hydrogen-bond donors (Lipinski definition) is 2. The van der Waals surface area contributed by atoms with Crippen molar-refractivity contribution in [1.29, 1.82) is 0 Å². The first-order valence-electron chi connectivity index (χ1n) is 10.8. The molecular formula is C23H38N6O. The van der Waals surface area contributed by atoms with Crippen molar-refractivity contribution < 1.29 is 4.74 Å². The van der Waals surface area contributed by atoms with Gasteiger partial charge < -0.3 is 20.3 Å². The zero-order valence-corrected chi connectivity index (χ0v) is 19.2. The second-order valence-electron chi connectivity index (χ2n) is 7.56. The van der Waals surface area contributed by atoms with Gasteiger partial charge in [-0.3, -0.25) is 4.68 Å². The average Bonchev–Trinajstić information content (AvgIpc) is 3.00. The van der Waals surface area contributed by atoms with E-state index in [0.717, 1.165) is 57.4 Å². The van der Waals surface area contributed by atoms with Crippen LogP contribution < -0.4 is 10.6 Å². The molecular weight excluding hydrogens is 376 g/mol. The fourth-order valence-corrected chi connectivity index (χ4v) is 3.33. The highest BCUT2D eigenvalue weighted by Crippen LogP contribution is 2.16. The van der Waals surface area contributed by atoms with Crippen molar-refractivity contribution in [3.8, 4) is 0 Å². The first kappa shape index (κ1) is 23.9. The number of aryl methyl sites for hydroxylation is 1. The maximum absolute atomic E-state index is 5.12. The smallest absolute Gasteiger partial charge is 0.191 e. The standard InChI is InChI=1S/C23H38N6O/c1-6-24-23(25-13-15-28(4)14-10-16-30-5)26-17-22-19(2)27-29(20(22)3)18-21-11-8-7-9-12-21/h7-9,11-12H,6,10,13-18H2,1-5H3,(H2,24,25,26). The molecule has 2 rings (SSSR count). The third-order valence-corrected chi connectivity index (χ3v) is 5.12. The highest BCUT2D eigenvalue weighted by molar-refractivity contribution is 5.79. The van der Waals surface area contributed by atoms with Crippen LogP contribution in [-0.2, 0) is 17.8 Å². The molecule has 0 radical (unpaired) electrons. The van der Waals surface area contributed by atoms with Gasteiger partial charge in [-0.15, -0.1) is 0 Å². The van der Waals surface area contributed by atoms with Crippen molar-refractivity contribution in [2.45, 2.75) is 40.3 Å². The molecule has 30 heavy (non-hydrogen) atoms. The first-order chi connectivity index (χ1) is 14.5. The van der Waals surface area contributed by atoms with Crippen molar-refractivity contribution in [2.75, 3.05) is 46.9 Å². The van der Waals surface area contributed by atoms with E-state index in [1.165, 1.54) is 16.8 Å². The van der Waals surface area contributed by atoms with Crippen LogP contribution in [0.4, 0.5) is 0 Å². The van der Waals surface area contributed by atoms with Crippen LogP contribution in [0.2, 0.25) is 0 Å². The Bertz CT molecular complexity index is 772. The predicted octanol–water partition coefficient (Wildman–Crippen LogP) is 2.57. The molecule has 0 spiro atoms. The van der Waals surface area contributed by atoms with E-state index < -0.39 is 0 Å². The zero-order valence-electron chi connectivity index (χ0n) is 19.2. The van der Waals surface area contributed by atoms with Gasteiger partial charge in [0, 0.05) is 51.2 Å². The quantitative estimate of drug-likeness (QED) is 0.317. The molecule has 7 heteroatoms. The van der Waals surface area contributed by atoms with Crippen LogP contribution in [-0.4, -0.2) is 67.6 Å². The van der Waals surface area contributed by atoms with Gasteiger partial charge in [0.1, 0.15) is 0 Å². The number of methoxy groups -OCH3 is 1. The summed E-state index contributed by atoms with van der Waals surface area (Å²) in [6.07, 6.45) is 1.05. The van der Waals surface area contributed by atoms with E-state index in [4.69, 9.17) is 14.8 Å². The van der Waals surface area contributed by atoms with Crippen molar-refractivity contribution >= 4 is 5.96 Å². The number of nitrogens with one attached hydrogen (secondary N) is 2. The molecule has 0 bridgehead atoms. The third-order valence-electron chi connectivity index (χ3n) is 5.12. The molecule has 0 fully saturated rings. The molecule has 0 aliphatic heterocycles. The van der Waals surface area contributed by atoms with Gasteiger partial charge in [0.05, 0.1) is 18.8 Å². The highest BCUT2D eigenvalue weighted by Gasteiger charge is 2.12. The summed E-state index contributed by atoms with van der Waals surface area (Å²) in [5, 5.41) is 11.5. The third kappa shape index (κ3) is 7.80. The van der Waals surface area contributed by atoms with Crippen LogP contribution in [0.5, 0.6) is 0 Å². The number of ether oxygens (including phenoxy) is 1. The molecule has 0 atom stereocenters. The van der Waals surface area contributed by atoms with Crippen LogP contribution in [0, 0.1) is 13.8 Å². The molecule has 0 amide bonds. The number of aromatic nitrogens is 2. The topological polar surface area (TPSA) is 66.7 Å². The Hall–Kier alpha value is -2.38. The Kier molecular flexibility index (Phi) is 10.4. The van der Waals surface area contributed by atoms with Gasteiger partial charge in [0.25, 0.3) is 0 Å². The minimum Gasteiger partial charge on any atom is -0.385 e. The Balaban J connectivity index is 1.93. The average molecular weight is 415 g/mol. The Morgan fingerprint density at radius 3 is 2.63 bits per heavy atom. The molecule has 0 aliphatic carbocycles. The van der Waals surface area contributed by atoms with Crippen molar-refractivity contribution in [1.82, 2.24) is 25.3 Å². The van der Waals surface area contributed by atoms with E-state index in [1.54, 1.807) is 7.11 Å². The van der Waals surface area contributed by atoms with Crippen LogP contribution in [0.3, 0.4) is 0 Å². The summed E-state index contributed by atoms with van der Waals surface area (Å²) in [5.74, 6) is 0.845. The lowest BCUT2D eigenvalue weighted by atomic mass is 10.2. The van der Waals surface area contributed by atoms with Crippen molar-refractivity contribution in [3.63, 3.8) is 0 Å². The second kappa shape index (κ2) is 13.0. The van der Waals surface area contributed by atoms with Gasteiger partial charge in [0.15, 0.2) is 5.96 Å². The summed E-state index contributed by atoms with van der Waals surface area (Å²) < 4.78 is 7.19. The second-order valence-corrected chi connectivity index (χ2v) is 7.56. The number of aliphatic imine (C=N–C) groups is 1. The van der Waals surface area contributed by atoms with Crippen LogP contribution >= 0.6 is 0 Å². The Labute approximate surface area is 181 Å². The fraction of sp³-hybridized carbons (Fsp3) is 0.565. The summed E-state index contributed by atoms with van der Waals surface area (Å²) in [6, 6.07) is 10.4. The number of hydrogen-bond acceptors (Lipinski definition) is 4. The lowest BCUT2D eigenvalue weighted by Gasteiger charge is -2.18. The highest BCUT2D eigenvalue weighted by atomic mass is 16.5. The molecule has 0 saturated heterocycles. The van der Waals surface area contributed by atoms with Gasteiger partial charge in [-0.2, -0.15) is 5.10 Å². The Morgan fingerprint density at radius 1 is 1.17 bits per heavy atom. The van der Waals surface area contributed by atoms with Gasteiger partial charge in [-0.25, -0.2) is 4.99 Å². The number of guanidine groups is 1. The van der Waals surface area contributed by atoms with Crippen molar-refractivity contribution in [3.05, 3.63) is 52.8 Å². The molecule has 0 saturated carbocycles. The van der Waals surface area contributed by atoms with E-state index in [-0.39, 0.29) is 0 Å². The maximum atomic E-state index is 5.12. The number of benzene rings is 1. The van der Waals surface area contributed by atoms with Gasteiger partial charge in [-0.1, -0.05) is 30.3 Å². The van der Waals surface area contributed by atoms with Gasteiger partial charge >= 0.3 is 0 Å². The Morgan fingerprint density at radius 2 is 1.93 bits per heavy atom. The molecule has 0 aliphatic rings. The fourth-order valence-electron chi connectivity index (χ4n) is 3.33. The molecule has 1 aromatic carbocycles. The first-order valence-corrected chi connectivity index (χ1v) is 10.8.